The first-order valence-electron chi connectivity index (χ1n) is 10.8. The summed E-state index contributed by atoms with van der Waals surface area (Å²) in [7, 11) is 0. The molecule has 2 aromatic carbocycles. The fourth-order valence-corrected chi connectivity index (χ4v) is 4.91. The Kier molecular flexibility index (Phi) is 5.91. The Morgan fingerprint density at radius 1 is 1.10 bits per heavy atom. The smallest absolute Gasteiger partial charge is 0.232 e. The number of nitrogens with one attached hydrogen (secondary N) is 1. The van der Waals surface area contributed by atoms with Gasteiger partial charge in [0.15, 0.2) is 5.65 Å². The molecule has 4 aromatic rings. The molecule has 0 spiro atoms. The van der Waals surface area contributed by atoms with Crippen LogP contribution in [-0.2, 0) is 0 Å². The fraction of sp³-hybridized carbons (Fsp3) is 0.280. The number of ether oxygens (including phenoxy) is 1. The average Bonchev–Trinajstić information content (AvgIpc) is 3.48. The van der Waals surface area contributed by atoms with Crippen molar-refractivity contribution in [2.75, 3.05) is 12.3 Å². The maximum atomic E-state index is 6.10. The molecule has 2 aromatic heterocycles. The number of thioether (sulfide) groups is 1. The number of aromatic nitrogens is 3. The lowest BCUT2D eigenvalue weighted by molar-refractivity contribution is 0.214. The molecule has 0 unspecified atom stereocenters. The van der Waals surface area contributed by atoms with Crippen LogP contribution in [0.3, 0.4) is 0 Å². The highest BCUT2D eigenvalue weighted by atomic mass is 32.2. The molecular weight excluding hydrogens is 404 g/mol. The van der Waals surface area contributed by atoms with E-state index in [2.05, 4.69) is 46.7 Å². The SMILES string of the molecule is C[C@@H](Oc1ccc2ncc(-c3ccc(SC[C@@H]4CCCN4)cc3)n2n1)c1ccccc1. The van der Waals surface area contributed by atoms with E-state index in [1.807, 2.05) is 59.7 Å². The molecule has 6 heteroatoms. The van der Waals surface area contributed by atoms with E-state index in [0.717, 1.165) is 34.8 Å². The standard InChI is InChI=1S/C25H26N4OS/c1-18(19-6-3-2-4-7-19)30-25-14-13-24-27-16-23(29(24)28-25)20-9-11-22(12-10-20)31-17-21-8-5-15-26-21/h2-4,6-7,9-14,16,18,21,26H,5,8,15,17H2,1H3/t18-,21+/m1/s1. The van der Waals surface area contributed by atoms with Crippen molar-refractivity contribution in [3.8, 4) is 17.1 Å². The van der Waals surface area contributed by atoms with Gasteiger partial charge in [-0.25, -0.2) is 9.50 Å². The van der Waals surface area contributed by atoms with E-state index in [-0.39, 0.29) is 6.10 Å². The van der Waals surface area contributed by atoms with Gasteiger partial charge in [0.2, 0.25) is 5.88 Å². The quantitative estimate of drug-likeness (QED) is 0.399. The van der Waals surface area contributed by atoms with Crippen LogP contribution < -0.4 is 10.1 Å². The van der Waals surface area contributed by atoms with Gasteiger partial charge in [-0.3, -0.25) is 0 Å². The maximum Gasteiger partial charge on any atom is 0.232 e. The van der Waals surface area contributed by atoms with Crippen LogP contribution in [0, 0.1) is 0 Å². The van der Waals surface area contributed by atoms with Crippen molar-refractivity contribution in [2.24, 2.45) is 0 Å². The van der Waals surface area contributed by atoms with Gasteiger partial charge in [-0.2, -0.15) is 0 Å². The third kappa shape index (κ3) is 4.60. The van der Waals surface area contributed by atoms with Crippen molar-refractivity contribution >= 4 is 17.4 Å². The molecule has 1 N–H and O–H groups in total. The van der Waals surface area contributed by atoms with Gasteiger partial charge in [-0.1, -0.05) is 42.5 Å². The highest BCUT2D eigenvalue weighted by Crippen LogP contribution is 2.27. The third-order valence-electron chi connectivity index (χ3n) is 5.67. The van der Waals surface area contributed by atoms with Gasteiger partial charge in [-0.15, -0.1) is 16.9 Å². The minimum absolute atomic E-state index is 0.0798. The minimum Gasteiger partial charge on any atom is -0.469 e. The van der Waals surface area contributed by atoms with Gasteiger partial charge < -0.3 is 10.1 Å². The fourth-order valence-electron chi connectivity index (χ4n) is 3.91. The van der Waals surface area contributed by atoms with Gasteiger partial charge in [-0.05, 0) is 50.1 Å². The first kappa shape index (κ1) is 20.1. The number of fused-ring (bicyclic) bond motifs is 1. The number of rotatable bonds is 7. The Hall–Kier alpha value is -2.83. The van der Waals surface area contributed by atoms with Crippen LogP contribution in [-0.4, -0.2) is 32.9 Å². The second kappa shape index (κ2) is 9.12. The lowest BCUT2D eigenvalue weighted by Gasteiger charge is -2.14. The number of benzene rings is 2. The van der Waals surface area contributed by atoms with Crippen molar-refractivity contribution in [3.63, 3.8) is 0 Å². The number of nitrogens with zero attached hydrogens (tertiary/aromatic N) is 3. The summed E-state index contributed by atoms with van der Waals surface area (Å²) in [4.78, 5) is 5.81. The molecule has 5 nitrogen and oxygen atoms in total. The second-order valence-corrected chi connectivity index (χ2v) is 8.98. The zero-order valence-corrected chi connectivity index (χ0v) is 18.4. The topological polar surface area (TPSA) is 51.5 Å². The van der Waals surface area contributed by atoms with Crippen LogP contribution in [0.1, 0.15) is 31.4 Å². The molecule has 1 fully saturated rings. The molecule has 1 saturated heterocycles. The Labute approximate surface area is 186 Å². The normalized spacial score (nSPS) is 17.1. The van der Waals surface area contributed by atoms with E-state index in [0.29, 0.717) is 11.9 Å². The summed E-state index contributed by atoms with van der Waals surface area (Å²) in [6, 6.07) is 23.3. The van der Waals surface area contributed by atoms with Crippen LogP contribution in [0.25, 0.3) is 16.9 Å². The van der Waals surface area contributed by atoms with Crippen molar-refractivity contribution in [1.29, 1.82) is 0 Å². The van der Waals surface area contributed by atoms with Crippen molar-refractivity contribution in [2.45, 2.75) is 36.8 Å². The first-order chi connectivity index (χ1) is 15.3. The van der Waals surface area contributed by atoms with E-state index >= 15 is 0 Å². The molecule has 31 heavy (non-hydrogen) atoms. The number of hydrogen-bond donors (Lipinski definition) is 1. The van der Waals surface area contributed by atoms with Crippen LogP contribution in [0.2, 0.25) is 0 Å². The maximum absolute atomic E-state index is 6.10. The van der Waals surface area contributed by atoms with Gasteiger partial charge in [0.05, 0.1) is 11.9 Å². The van der Waals surface area contributed by atoms with Gasteiger partial charge in [0, 0.05) is 28.3 Å². The molecule has 0 aliphatic carbocycles. The van der Waals surface area contributed by atoms with Crippen LogP contribution in [0.4, 0.5) is 0 Å². The number of hydrogen-bond acceptors (Lipinski definition) is 5. The van der Waals surface area contributed by atoms with E-state index < -0.39 is 0 Å². The zero-order chi connectivity index (χ0) is 21.0. The summed E-state index contributed by atoms with van der Waals surface area (Å²) in [5, 5.41) is 8.26. The predicted octanol–water partition coefficient (Wildman–Crippen LogP) is 5.38. The lowest BCUT2D eigenvalue weighted by atomic mass is 10.1. The average molecular weight is 431 g/mol. The van der Waals surface area contributed by atoms with Crippen molar-refractivity contribution < 1.29 is 4.74 Å². The van der Waals surface area contributed by atoms with Crippen molar-refractivity contribution in [3.05, 3.63) is 78.5 Å². The molecular formula is C25H26N4OS. The highest BCUT2D eigenvalue weighted by Gasteiger charge is 2.15. The van der Waals surface area contributed by atoms with E-state index in [9.17, 15) is 0 Å². The van der Waals surface area contributed by atoms with Gasteiger partial charge >= 0.3 is 0 Å². The molecule has 158 valence electrons. The molecule has 0 radical (unpaired) electrons. The number of imidazole rings is 1. The molecule has 0 saturated carbocycles. The Bertz CT molecular complexity index is 1140. The summed E-state index contributed by atoms with van der Waals surface area (Å²) in [6.45, 7) is 3.19. The Morgan fingerprint density at radius 2 is 1.94 bits per heavy atom. The third-order valence-corrected chi connectivity index (χ3v) is 6.84. The summed E-state index contributed by atoms with van der Waals surface area (Å²) in [5.74, 6) is 1.70. The van der Waals surface area contributed by atoms with Crippen LogP contribution in [0.15, 0.2) is 77.8 Å². The van der Waals surface area contributed by atoms with Crippen LogP contribution >= 0.6 is 11.8 Å². The molecule has 2 atom stereocenters. The zero-order valence-electron chi connectivity index (χ0n) is 17.6. The Balaban J connectivity index is 1.33. The highest BCUT2D eigenvalue weighted by molar-refractivity contribution is 7.99. The predicted molar refractivity (Wildman–Crippen MR) is 126 cm³/mol. The first-order valence-corrected chi connectivity index (χ1v) is 11.8. The lowest BCUT2D eigenvalue weighted by Crippen LogP contribution is -2.23. The summed E-state index contributed by atoms with van der Waals surface area (Å²) in [5.41, 5.74) is 3.98. The monoisotopic (exact) mass is 430 g/mol. The van der Waals surface area contributed by atoms with E-state index in [4.69, 9.17) is 9.84 Å². The van der Waals surface area contributed by atoms with Gasteiger partial charge in [0.1, 0.15) is 6.10 Å². The van der Waals surface area contributed by atoms with E-state index in [1.165, 1.54) is 17.7 Å². The second-order valence-electron chi connectivity index (χ2n) is 7.88. The van der Waals surface area contributed by atoms with Crippen molar-refractivity contribution in [1.82, 2.24) is 19.9 Å². The van der Waals surface area contributed by atoms with E-state index in [1.54, 1.807) is 0 Å². The summed E-state index contributed by atoms with van der Waals surface area (Å²) in [6.07, 6.45) is 4.37. The minimum atomic E-state index is -0.0798. The molecule has 0 amide bonds. The molecule has 0 bridgehead atoms. The summed E-state index contributed by atoms with van der Waals surface area (Å²) < 4.78 is 7.96. The summed E-state index contributed by atoms with van der Waals surface area (Å²) >= 11 is 1.91. The van der Waals surface area contributed by atoms with Crippen LogP contribution in [0.5, 0.6) is 5.88 Å². The molecule has 1 aliphatic rings. The Morgan fingerprint density at radius 3 is 2.71 bits per heavy atom. The molecule has 1 aliphatic heterocycles. The largest absolute Gasteiger partial charge is 0.469 e. The van der Waals surface area contributed by atoms with Gasteiger partial charge in [0.25, 0.3) is 0 Å². The molecule has 3 heterocycles. The molecule has 5 rings (SSSR count).